The molecule has 4 aliphatic rings. The zero-order chi connectivity index (χ0) is 44.4. The molecule has 16 nitrogen and oxygen atoms in total. The summed E-state index contributed by atoms with van der Waals surface area (Å²) in [5.41, 5.74) is -0.486. The maximum absolute atomic E-state index is 14.9. The highest BCUT2D eigenvalue weighted by molar-refractivity contribution is 7.90. The van der Waals surface area contributed by atoms with Crippen molar-refractivity contribution in [3.05, 3.63) is 29.6 Å². The van der Waals surface area contributed by atoms with Crippen LogP contribution in [0.4, 0.5) is 9.93 Å². The number of benzene rings is 1. The Morgan fingerprint density at radius 3 is 2.42 bits per heavy atom. The van der Waals surface area contributed by atoms with Crippen LogP contribution in [0.15, 0.2) is 29.6 Å². The van der Waals surface area contributed by atoms with Crippen molar-refractivity contribution in [2.24, 2.45) is 11.3 Å². The average molecular weight is 896 g/mol. The van der Waals surface area contributed by atoms with Gasteiger partial charge in [-0.2, -0.15) is 0 Å². The minimum absolute atomic E-state index is 0.0334. The summed E-state index contributed by atoms with van der Waals surface area (Å²) in [7, 11) is -2.36. The number of hydrogen-bond acceptors (Lipinski definition) is 13. The second-order valence-corrected chi connectivity index (χ2v) is 21.3. The summed E-state index contributed by atoms with van der Waals surface area (Å²) >= 11 is 1.46. The number of nitrogens with one attached hydrogen (secondary N) is 4. The van der Waals surface area contributed by atoms with Crippen LogP contribution in [0.5, 0.6) is 11.5 Å². The Hall–Kier alpha value is -4.71. The van der Waals surface area contributed by atoms with Crippen molar-refractivity contribution >= 4 is 61.2 Å². The molecule has 2 aromatic heterocycles. The molecule has 4 fully saturated rings. The first kappa shape index (κ1) is 45.3. The molecule has 0 spiro atoms. The first-order valence-corrected chi connectivity index (χ1v) is 24.5. The van der Waals surface area contributed by atoms with E-state index in [1.54, 1.807) is 25.3 Å². The summed E-state index contributed by atoms with van der Waals surface area (Å²) in [6.07, 6.45) is 6.52. The number of likely N-dealkylation sites (tertiary alicyclic amines) is 1. The van der Waals surface area contributed by atoms with E-state index in [1.165, 1.54) is 16.2 Å². The molecule has 1 unspecified atom stereocenters. The predicted molar refractivity (Wildman–Crippen MR) is 236 cm³/mol. The van der Waals surface area contributed by atoms with Gasteiger partial charge in [-0.3, -0.25) is 19.1 Å². The van der Waals surface area contributed by atoms with Crippen LogP contribution in [0.1, 0.15) is 112 Å². The normalized spacial score (nSPS) is 24.9. The number of thiazole rings is 1. The molecule has 1 aromatic carbocycles. The summed E-state index contributed by atoms with van der Waals surface area (Å²) < 4.78 is 46.2. The SMILES string of the molecule is COc1ccc2c(O[C@@H]3C[C@@H](C(=O)N[C@]45CC4CCCCCCCS(=O)(=O)NC5=O)N(C(=O)[C@@H](NC(=O)OC4CCCC4)C(C)(C)C)C3)cc(-c3csc(NC(C)C)n3)nc2c1. The average Bonchev–Trinajstić information content (AvgIpc) is 3.64. The van der Waals surface area contributed by atoms with Crippen LogP contribution in [-0.4, -0.2) is 102 Å². The van der Waals surface area contributed by atoms with Gasteiger partial charge in [-0.25, -0.2) is 23.2 Å². The fourth-order valence-electron chi connectivity index (χ4n) is 8.88. The minimum Gasteiger partial charge on any atom is -0.497 e. The second kappa shape index (κ2) is 18.6. The van der Waals surface area contributed by atoms with E-state index >= 15 is 0 Å². The van der Waals surface area contributed by atoms with Crippen molar-refractivity contribution in [2.45, 2.75) is 148 Å². The van der Waals surface area contributed by atoms with Gasteiger partial charge in [0.25, 0.3) is 5.91 Å². The van der Waals surface area contributed by atoms with Crippen LogP contribution in [0.2, 0.25) is 0 Å². The smallest absolute Gasteiger partial charge is 0.408 e. The van der Waals surface area contributed by atoms with Gasteiger partial charge in [0.05, 0.1) is 30.6 Å². The first-order valence-electron chi connectivity index (χ1n) is 22.0. The Labute approximate surface area is 368 Å². The van der Waals surface area contributed by atoms with Gasteiger partial charge < -0.3 is 35.1 Å². The van der Waals surface area contributed by atoms with Crippen LogP contribution in [0.25, 0.3) is 22.3 Å². The van der Waals surface area contributed by atoms with E-state index < -0.39 is 63.0 Å². The summed E-state index contributed by atoms with van der Waals surface area (Å²) in [5.74, 6) is -1.29. The Balaban J connectivity index is 1.21. The van der Waals surface area contributed by atoms with Crippen molar-refractivity contribution in [2.75, 3.05) is 24.7 Å². The fourth-order valence-corrected chi connectivity index (χ4v) is 10.9. The molecule has 2 aliphatic carbocycles. The number of sulfonamides is 1. The van der Waals surface area contributed by atoms with Crippen molar-refractivity contribution in [3.63, 3.8) is 0 Å². The number of carbonyl (C=O) groups is 4. The third-order valence-corrected chi connectivity index (χ3v) is 14.4. The molecule has 4 heterocycles. The van der Waals surface area contributed by atoms with Gasteiger partial charge in [-0.15, -0.1) is 11.3 Å². The lowest BCUT2D eigenvalue weighted by molar-refractivity contribution is -0.143. The Morgan fingerprint density at radius 2 is 1.69 bits per heavy atom. The van der Waals surface area contributed by atoms with Gasteiger partial charge in [-0.05, 0) is 82.3 Å². The van der Waals surface area contributed by atoms with Crippen LogP contribution in [-0.2, 0) is 29.1 Å². The van der Waals surface area contributed by atoms with Gasteiger partial charge in [0, 0.05) is 35.4 Å². The molecule has 0 bridgehead atoms. The second-order valence-electron chi connectivity index (χ2n) is 18.6. The monoisotopic (exact) mass is 895 g/mol. The number of hydrogen-bond donors (Lipinski definition) is 4. The maximum atomic E-state index is 14.9. The standard InChI is InChI=1S/C44H61N7O9S2/c1-26(2)45-41-47-34(25-61-41)33-22-36(31-18-17-29(58-6)20-32(31)46-33)59-30-21-35(51(24-30)39(53)37(43(3,4)5)48-42(55)60-28-15-11-12-16-28)38(52)49-44-23-27(44)14-10-8-7-9-13-19-62(56,57)50-40(44)54/h17-18,20,22,25-28,30,35,37H,7-16,19,21,23-24H2,1-6H3,(H,45,47)(H,48,55)(H,49,52)(H,50,54)/t27?,30-,35+,37-,44-/m1/s1. The third kappa shape index (κ3) is 10.5. The lowest BCUT2D eigenvalue weighted by atomic mass is 9.85. The highest BCUT2D eigenvalue weighted by Gasteiger charge is 2.62. The van der Waals surface area contributed by atoms with E-state index in [1.807, 2.05) is 46.1 Å². The molecule has 4 amide bonds. The molecule has 5 atom stereocenters. The minimum atomic E-state index is -3.93. The maximum Gasteiger partial charge on any atom is 0.408 e. The Kier molecular flexibility index (Phi) is 13.6. The number of carbonyl (C=O) groups excluding carboxylic acids is 4. The van der Waals surface area contributed by atoms with Crippen molar-refractivity contribution < 1.29 is 41.8 Å². The topological polar surface area (TPSA) is 207 Å². The molecular formula is C44H61N7O9S2. The molecule has 7 rings (SSSR count). The Bertz CT molecular complexity index is 2260. The fraction of sp³-hybridized carbons (Fsp3) is 0.636. The number of nitrogens with zero attached hydrogens (tertiary/aromatic N) is 3. The number of methoxy groups -OCH3 is 1. The predicted octanol–water partition coefficient (Wildman–Crippen LogP) is 6.29. The number of pyridine rings is 1. The van der Waals surface area contributed by atoms with Crippen LogP contribution in [0.3, 0.4) is 0 Å². The summed E-state index contributed by atoms with van der Waals surface area (Å²) in [4.78, 5) is 67.9. The highest BCUT2D eigenvalue weighted by atomic mass is 32.2. The summed E-state index contributed by atoms with van der Waals surface area (Å²) in [6, 6.07) is 5.19. The largest absolute Gasteiger partial charge is 0.497 e. The number of amides is 4. The van der Waals surface area contributed by atoms with Crippen LogP contribution >= 0.6 is 11.3 Å². The van der Waals surface area contributed by atoms with Gasteiger partial charge in [0.2, 0.25) is 21.8 Å². The number of rotatable bonds is 11. The molecule has 18 heteroatoms. The van der Waals surface area contributed by atoms with Gasteiger partial charge in [0.1, 0.15) is 47.0 Å². The van der Waals surface area contributed by atoms with Crippen LogP contribution in [0, 0.1) is 11.3 Å². The first-order chi connectivity index (χ1) is 29.4. The van der Waals surface area contributed by atoms with E-state index in [-0.39, 0.29) is 43.2 Å². The van der Waals surface area contributed by atoms with Gasteiger partial charge >= 0.3 is 6.09 Å². The summed E-state index contributed by atoms with van der Waals surface area (Å²) in [6.45, 7) is 9.51. The number of alkyl carbamates (subject to hydrolysis) is 1. The van der Waals surface area contributed by atoms with Crippen molar-refractivity contribution in [1.29, 1.82) is 0 Å². The van der Waals surface area contributed by atoms with Crippen molar-refractivity contribution in [3.8, 4) is 22.9 Å². The van der Waals surface area contributed by atoms with E-state index in [0.717, 1.165) is 56.5 Å². The molecule has 2 aliphatic heterocycles. The molecule has 2 saturated carbocycles. The lowest BCUT2D eigenvalue weighted by Crippen LogP contribution is -2.60. The lowest BCUT2D eigenvalue weighted by Gasteiger charge is -2.35. The van der Waals surface area contributed by atoms with Crippen LogP contribution < -0.4 is 30.1 Å². The molecule has 4 N–H and O–H groups in total. The molecule has 3 aromatic rings. The molecule has 338 valence electrons. The Morgan fingerprint density at radius 1 is 0.968 bits per heavy atom. The number of aromatic nitrogens is 2. The molecule has 0 radical (unpaired) electrons. The van der Waals surface area contributed by atoms with E-state index in [9.17, 15) is 27.6 Å². The summed E-state index contributed by atoms with van der Waals surface area (Å²) in [5, 5.41) is 12.4. The highest BCUT2D eigenvalue weighted by Crippen LogP contribution is 2.48. The van der Waals surface area contributed by atoms with Gasteiger partial charge in [0.15, 0.2) is 5.13 Å². The molecular weight excluding hydrogens is 835 g/mol. The number of ether oxygens (including phenoxy) is 3. The zero-order valence-corrected chi connectivity index (χ0v) is 38.2. The zero-order valence-electron chi connectivity index (χ0n) is 36.6. The van der Waals surface area contributed by atoms with E-state index in [4.69, 9.17) is 24.2 Å². The number of fused-ring (bicyclic) bond motifs is 2. The molecule has 2 saturated heterocycles. The quantitative estimate of drug-likeness (QED) is 0.168. The van der Waals surface area contributed by atoms with E-state index in [0.29, 0.717) is 46.6 Å². The molecule has 62 heavy (non-hydrogen) atoms. The van der Waals surface area contributed by atoms with E-state index in [2.05, 4.69) is 20.7 Å². The van der Waals surface area contributed by atoms with Gasteiger partial charge in [-0.1, -0.05) is 46.5 Å². The number of anilines is 1. The third-order valence-electron chi connectivity index (χ3n) is 12.3. The van der Waals surface area contributed by atoms with Crippen molar-refractivity contribution in [1.82, 2.24) is 30.2 Å².